The second-order valence-corrected chi connectivity index (χ2v) is 5.64. The average molecular weight is 308 g/mol. The molecule has 1 saturated heterocycles. The Labute approximate surface area is 134 Å². The molecule has 23 heavy (non-hydrogen) atoms. The molecule has 0 radical (unpaired) electrons. The van der Waals surface area contributed by atoms with Crippen LogP contribution in [0, 0.1) is 0 Å². The summed E-state index contributed by atoms with van der Waals surface area (Å²) in [6.45, 7) is 3.34. The van der Waals surface area contributed by atoms with Crippen molar-refractivity contribution >= 4 is 23.1 Å². The Bertz CT molecular complexity index is 751. The number of hydrogen-bond donors (Lipinski definition) is 1. The van der Waals surface area contributed by atoms with Crippen LogP contribution in [0.3, 0.4) is 0 Å². The van der Waals surface area contributed by atoms with Crippen molar-refractivity contribution in [2.45, 2.75) is 0 Å². The van der Waals surface area contributed by atoms with Gasteiger partial charge in [0, 0.05) is 11.6 Å². The van der Waals surface area contributed by atoms with E-state index in [-0.39, 0.29) is 5.91 Å². The molecule has 116 valence electrons. The molecule has 1 amide bonds. The van der Waals surface area contributed by atoms with Crippen LogP contribution in [-0.2, 0) is 4.79 Å². The molecule has 6 nitrogen and oxygen atoms in total. The van der Waals surface area contributed by atoms with Crippen LogP contribution < -0.4 is 15.2 Å². The normalized spacial score (nSPS) is 19.0. The number of aromatic nitrogens is 1. The molecule has 0 aliphatic carbocycles. The van der Waals surface area contributed by atoms with E-state index in [4.69, 9.17) is 0 Å². The number of hydrazone groups is 1. The molecule has 1 fully saturated rings. The van der Waals surface area contributed by atoms with Gasteiger partial charge in [-0.2, -0.15) is 5.10 Å². The lowest BCUT2D eigenvalue weighted by Crippen LogP contribution is -2.46. The lowest BCUT2D eigenvalue weighted by Gasteiger charge is -2.29. The third kappa shape index (κ3) is 2.63. The Morgan fingerprint density at radius 3 is 2.57 bits per heavy atom. The van der Waals surface area contributed by atoms with E-state index in [1.807, 2.05) is 47.6 Å². The van der Waals surface area contributed by atoms with E-state index < -0.39 is 0 Å². The quantitative estimate of drug-likeness (QED) is 0.899. The molecule has 0 atom stereocenters. The molecule has 2 aliphatic heterocycles. The molecule has 3 heterocycles. The lowest BCUT2D eigenvalue weighted by molar-refractivity contribution is -0.364. The number of anilines is 2. The maximum absolute atomic E-state index is 12.1. The number of nitrogens with zero attached hydrogens (tertiary/aromatic N) is 3. The molecule has 2 N–H and O–H groups in total. The van der Waals surface area contributed by atoms with Crippen LogP contribution in [0.1, 0.15) is 5.56 Å². The predicted octanol–water partition coefficient (Wildman–Crippen LogP) is 0.979. The largest absolute Gasteiger partial charge is 0.320 e. The van der Waals surface area contributed by atoms with E-state index in [1.54, 1.807) is 0 Å². The summed E-state index contributed by atoms with van der Waals surface area (Å²) in [5, 5.41) is 9.43. The number of hydrogen-bond acceptors (Lipinski definition) is 4. The van der Waals surface area contributed by atoms with Gasteiger partial charge in [0.1, 0.15) is 13.1 Å². The molecule has 0 spiro atoms. The van der Waals surface area contributed by atoms with Crippen LogP contribution in [0.15, 0.2) is 53.8 Å². The number of amides is 1. The first-order valence-corrected chi connectivity index (χ1v) is 7.77. The minimum Gasteiger partial charge on any atom is -0.320 e. The first-order valence-electron chi connectivity index (χ1n) is 7.77. The van der Waals surface area contributed by atoms with Crippen molar-refractivity contribution in [3.05, 3.63) is 54.2 Å². The van der Waals surface area contributed by atoms with Gasteiger partial charge >= 0.3 is 0 Å². The summed E-state index contributed by atoms with van der Waals surface area (Å²) in [4.78, 5) is 17.7. The summed E-state index contributed by atoms with van der Waals surface area (Å²) >= 11 is 0. The van der Waals surface area contributed by atoms with Gasteiger partial charge in [-0.15, -0.1) is 0 Å². The second-order valence-electron chi connectivity index (χ2n) is 5.64. The number of para-hydroxylation sites is 1. The van der Waals surface area contributed by atoms with Crippen molar-refractivity contribution in [1.82, 2.24) is 5.01 Å². The fourth-order valence-electron chi connectivity index (χ4n) is 2.96. The number of benzene rings is 1. The summed E-state index contributed by atoms with van der Waals surface area (Å²) in [5.74, 6) is 0.994. The highest BCUT2D eigenvalue weighted by molar-refractivity contribution is 6.53. The minimum atomic E-state index is -0.120. The maximum Gasteiger partial charge on any atom is 0.276 e. The van der Waals surface area contributed by atoms with Crippen molar-refractivity contribution in [1.29, 1.82) is 0 Å². The maximum atomic E-state index is 12.1. The topological polar surface area (TPSA) is 62.1 Å². The number of nitrogens with one attached hydrogen (secondary N) is 2. The lowest BCUT2D eigenvalue weighted by atomic mass is 10.1. The Hall–Kier alpha value is -2.89. The number of H-pyrrole nitrogens is 1. The number of aromatic amines is 1. The third-order valence-corrected chi connectivity index (χ3v) is 4.18. The van der Waals surface area contributed by atoms with Gasteiger partial charge in [-0.1, -0.05) is 24.3 Å². The molecule has 2 aromatic rings. The number of piperazine rings is 1. The minimum absolute atomic E-state index is 0.120. The SMILES string of the molecule is O=C1Nc2ccccc2/C1=N/N1CCN(c2cccc[nH+]2)CC1. The van der Waals surface area contributed by atoms with Crippen molar-refractivity contribution in [2.24, 2.45) is 5.10 Å². The number of carbonyl (C=O) groups is 1. The Balaban J connectivity index is 1.48. The number of rotatable bonds is 2. The van der Waals surface area contributed by atoms with Crippen LogP contribution in [0.25, 0.3) is 0 Å². The van der Waals surface area contributed by atoms with Crippen LogP contribution in [-0.4, -0.2) is 42.8 Å². The molecule has 2 aliphatic rings. The smallest absolute Gasteiger partial charge is 0.276 e. The van der Waals surface area contributed by atoms with Gasteiger partial charge in [0.05, 0.1) is 25.0 Å². The summed E-state index contributed by atoms with van der Waals surface area (Å²) in [5.41, 5.74) is 2.24. The average Bonchev–Trinajstić information content (AvgIpc) is 2.92. The third-order valence-electron chi connectivity index (χ3n) is 4.18. The van der Waals surface area contributed by atoms with Crippen molar-refractivity contribution in [3.63, 3.8) is 0 Å². The van der Waals surface area contributed by atoms with E-state index in [1.165, 1.54) is 0 Å². The summed E-state index contributed by atoms with van der Waals surface area (Å²) in [6.07, 6.45) is 1.93. The van der Waals surface area contributed by atoms with Crippen molar-refractivity contribution < 1.29 is 9.78 Å². The van der Waals surface area contributed by atoms with E-state index in [0.717, 1.165) is 43.2 Å². The zero-order valence-electron chi connectivity index (χ0n) is 12.7. The highest BCUT2D eigenvalue weighted by Gasteiger charge is 2.28. The van der Waals surface area contributed by atoms with E-state index >= 15 is 0 Å². The molecule has 1 aromatic heterocycles. The monoisotopic (exact) mass is 308 g/mol. The zero-order valence-corrected chi connectivity index (χ0v) is 12.7. The van der Waals surface area contributed by atoms with E-state index in [0.29, 0.717) is 5.71 Å². The highest BCUT2D eigenvalue weighted by Crippen LogP contribution is 2.23. The van der Waals surface area contributed by atoms with Gasteiger partial charge in [-0.3, -0.25) is 14.7 Å². The molecular formula is C17H18N5O+. The fourth-order valence-corrected chi connectivity index (χ4v) is 2.96. The standard InChI is InChI=1S/C17H17N5O/c23-17-16(13-5-1-2-6-14(13)19-17)20-22-11-9-21(10-12-22)15-7-3-4-8-18-15/h1-8H,9-12H2,(H,19,20,23)/p+1. The number of fused-ring (bicyclic) bond motifs is 1. The second kappa shape index (κ2) is 5.72. The Morgan fingerprint density at radius 1 is 1.00 bits per heavy atom. The van der Waals surface area contributed by atoms with Crippen molar-refractivity contribution in [2.75, 3.05) is 36.4 Å². The molecule has 0 bridgehead atoms. The summed E-state index contributed by atoms with van der Waals surface area (Å²) in [7, 11) is 0. The highest BCUT2D eigenvalue weighted by atomic mass is 16.2. The first kappa shape index (κ1) is 13.8. The zero-order chi connectivity index (χ0) is 15.6. The Morgan fingerprint density at radius 2 is 1.78 bits per heavy atom. The van der Waals surface area contributed by atoms with Crippen LogP contribution in [0.5, 0.6) is 0 Å². The molecular weight excluding hydrogens is 290 g/mol. The molecule has 4 rings (SSSR count). The van der Waals surface area contributed by atoms with Gasteiger partial charge in [-0.25, -0.2) is 4.98 Å². The van der Waals surface area contributed by atoms with Gasteiger partial charge in [0.15, 0.2) is 5.71 Å². The van der Waals surface area contributed by atoms with Crippen LogP contribution in [0.2, 0.25) is 0 Å². The van der Waals surface area contributed by atoms with E-state index in [2.05, 4.69) is 26.4 Å². The summed E-state index contributed by atoms with van der Waals surface area (Å²) in [6, 6.07) is 13.7. The predicted molar refractivity (Wildman–Crippen MR) is 88.4 cm³/mol. The van der Waals surface area contributed by atoms with E-state index in [9.17, 15) is 4.79 Å². The number of carbonyl (C=O) groups excluding carboxylic acids is 1. The van der Waals surface area contributed by atoms with Gasteiger partial charge in [0.25, 0.3) is 11.7 Å². The fraction of sp³-hybridized carbons (Fsp3) is 0.235. The van der Waals surface area contributed by atoms with Gasteiger partial charge in [-0.05, 0) is 12.1 Å². The van der Waals surface area contributed by atoms with Crippen LogP contribution in [0.4, 0.5) is 11.5 Å². The molecule has 6 heteroatoms. The van der Waals surface area contributed by atoms with Crippen molar-refractivity contribution in [3.8, 4) is 0 Å². The Kier molecular flexibility index (Phi) is 3.42. The summed E-state index contributed by atoms with van der Waals surface area (Å²) < 4.78 is 0. The molecule has 1 aromatic carbocycles. The first-order chi connectivity index (χ1) is 11.3. The molecule has 0 unspecified atom stereocenters. The van der Waals surface area contributed by atoms with Gasteiger partial charge < -0.3 is 5.32 Å². The van der Waals surface area contributed by atoms with Crippen LogP contribution >= 0.6 is 0 Å². The number of pyridine rings is 1. The van der Waals surface area contributed by atoms with Gasteiger partial charge in [0.2, 0.25) is 0 Å². The molecule has 0 saturated carbocycles.